The third kappa shape index (κ3) is 12.0. The number of hydrogen-bond donors (Lipinski definition) is 6. The normalized spacial score (nSPS) is 10.9. The molecule has 4 rings (SSSR count). The van der Waals surface area contributed by atoms with Gasteiger partial charge in [0.15, 0.2) is 0 Å². The van der Waals surface area contributed by atoms with E-state index in [2.05, 4.69) is 36.2 Å². The summed E-state index contributed by atoms with van der Waals surface area (Å²) in [6.07, 6.45) is 4.53. The Kier molecular flexibility index (Phi) is 13.3. The Hall–Kier alpha value is -6.17. The van der Waals surface area contributed by atoms with Crippen molar-refractivity contribution in [1.82, 2.24) is 29.7 Å². The lowest BCUT2D eigenvalue weighted by atomic mass is 10.2. The van der Waals surface area contributed by atoms with Crippen LogP contribution in [0.1, 0.15) is 41.7 Å². The van der Waals surface area contributed by atoms with Crippen molar-refractivity contribution in [2.24, 2.45) is 4.99 Å². The molecular formula is C33H37N9O8S. The molecule has 0 unspecified atom stereocenters. The van der Waals surface area contributed by atoms with E-state index in [0.29, 0.717) is 27.5 Å². The fourth-order valence-electron chi connectivity index (χ4n) is 4.50. The number of nitrogens with zero attached hydrogens (tertiary/aromatic N) is 3. The van der Waals surface area contributed by atoms with Crippen LogP contribution in [-0.4, -0.2) is 62.0 Å². The predicted octanol–water partition coefficient (Wildman–Crippen LogP) is 0.886. The van der Waals surface area contributed by atoms with Crippen molar-refractivity contribution in [2.75, 3.05) is 23.7 Å². The number of benzene rings is 1. The van der Waals surface area contributed by atoms with Crippen molar-refractivity contribution >= 4 is 57.6 Å². The molecule has 3 heterocycles. The number of H-pyrrole nitrogens is 2. The zero-order chi connectivity index (χ0) is 36.9. The molecule has 18 heteroatoms. The van der Waals surface area contributed by atoms with Crippen LogP contribution in [0.2, 0.25) is 0 Å². The highest BCUT2D eigenvalue weighted by Crippen LogP contribution is 2.22. The van der Waals surface area contributed by atoms with Gasteiger partial charge in [0, 0.05) is 92.2 Å². The Bertz CT molecular complexity index is 2160. The van der Waals surface area contributed by atoms with Gasteiger partial charge in [-0.1, -0.05) is 0 Å². The molecule has 0 atom stereocenters. The van der Waals surface area contributed by atoms with E-state index in [0.717, 1.165) is 4.88 Å². The number of amides is 4. The highest BCUT2D eigenvalue weighted by atomic mass is 32.1. The van der Waals surface area contributed by atoms with Gasteiger partial charge in [-0.15, -0.1) is 11.3 Å². The number of hydrogen-bond acceptors (Lipinski definition) is 10. The Morgan fingerprint density at radius 3 is 1.73 bits per heavy atom. The quantitative estimate of drug-likeness (QED) is 0.0907. The van der Waals surface area contributed by atoms with Crippen molar-refractivity contribution in [3.05, 3.63) is 106 Å². The van der Waals surface area contributed by atoms with Crippen molar-refractivity contribution in [1.29, 1.82) is 0 Å². The molecule has 0 bridgehead atoms. The third-order valence-electron chi connectivity index (χ3n) is 7.27. The topological polar surface area (TPSA) is 238 Å². The van der Waals surface area contributed by atoms with Crippen LogP contribution in [0.25, 0.3) is 0 Å². The van der Waals surface area contributed by atoms with Gasteiger partial charge in [0.2, 0.25) is 23.6 Å². The summed E-state index contributed by atoms with van der Waals surface area (Å²) in [6.45, 7) is 3.53. The second kappa shape index (κ2) is 18.0. The summed E-state index contributed by atoms with van der Waals surface area (Å²) < 4.78 is 2.50. The maximum absolute atomic E-state index is 12.3. The minimum Gasteiger partial charge on any atom is -0.356 e. The van der Waals surface area contributed by atoms with Crippen molar-refractivity contribution in [3.63, 3.8) is 0 Å². The van der Waals surface area contributed by atoms with Crippen LogP contribution in [-0.2, 0) is 32.3 Å². The SMILES string of the molecule is Cc1cn(CCC(=O)NCCC(=O)Nc2ccc(/N=C/c3ccc(NC(=O)CCNC(=O)CCn4cc(C)c(=O)[nH]c4=O)s3)cc2)c(=O)[nH]c1=O. The summed E-state index contributed by atoms with van der Waals surface area (Å²) in [5.74, 6) is -1.26. The zero-order valence-electron chi connectivity index (χ0n) is 27.9. The van der Waals surface area contributed by atoms with E-state index in [1.165, 1.54) is 32.9 Å². The summed E-state index contributed by atoms with van der Waals surface area (Å²) in [4.78, 5) is 105. The van der Waals surface area contributed by atoms with Gasteiger partial charge in [-0.2, -0.15) is 0 Å². The Balaban J connectivity index is 1.11. The van der Waals surface area contributed by atoms with E-state index in [1.54, 1.807) is 56.5 Å². The zero-order valence-corrected chi connectivity index (χ0v) is 28.7. The van der Waals surface area contributed by atoms with Crippen molar-refractivity contribution < 1.29 is 19.2 Å². The molecule has 0 radical (unpaired) electrons. The van der Waals surface area contributed by atoms with Gasteiger partial charge in [-0.25, -0.2) is 9.59 Å². The molecule has 51 heavy (non-hydrogen) atoms. The highest BCUT2D eigenvalue weighted by molar-refractivity contribution is 7.17. The minimum atomic E-state index is -0.593. The molecule has 268 valence electrons. The molecule has 0 aliphatic heterocycles. The lowest BCUT2D eigenvalue weighted by Crippen LogP contribution is -2.33. The fourth-order valence-corrected chi connectivity index (χ4v) is 5.30. The Labute approximate surface area is 293 Å². The van der Waals surface area contributed by atoms with Crippen LogP contribution < -0.4 is 43.8 Å². The molecule has 17 nitrogen and oxygen atoms in total. The number of nitrogens with one attached hydrogen (secondary N) is 6. The summed E-state index contributed by atoms with van der Waals surface area (Å²) in [5, 5.41) is 11.4. The molecule has 3 aromatic heterocycles. The molecule has 0 saturated heterocycles. The number of carbonyl (C=O) groups is 4. The van der Waals surface area contributed by atoms with E-state index in [9.17, 15) is 38.4 Å². The summed E-state index contributed by atoms with van der Waals surface area (Å²) >= 11 is 1.31. The molecule has 0 aliphatic rings. The second-order valence-corrected chi connectivity index (χ2v) is 12.4. The lowest BCUT2D eigenvalue weighted by molar-refractivity contribution is -0.122. The number of rotatable bonds is 16. The van der Waals surface area contributed by atoms with Crippen molar-refractivity contribution in [3.8, 4) is 0 Å². The number of aliphatic imine (C=N–C) groups is 1. The van der Waals surface area contributed by atoms with Crippen LogP contribution in [0.3, 0.4) is 0 Å². The average molecular weight is 720 g/mol. The molecule has 6 N–H and O–H groups in total. The summed E-state index contributed by atoms with van der Waals surface area (Å²) in [5.41, 5.74) is -0.220. The van der Waals surface area contributed by atoms with Gasteiger partial charge in [0.25, 0.3) is 11.1 Å². The van der Waals surface area contributed by atoms with Gasteiger partial charge in [0.1, 0.15) is 0 Å². The first-order valence-electron chi connectivity index (χ1n) is 15.8. The number of carbonyl (C=O) groups excluding carboxylic acids is 4. The Morgan fingerprint density at radius 2 is 1.20 bits per heavy atom. The van der Waals surface area contributed by atoms with Gasteiger partial charge >= 0.3 is 11.4 Å². The smallest absolute Gasteiger partial charge is 0.328 e. The average Bonchev–Trinajstić information content (AvgIpc) is 3.53. The van der Waals surface area contributed by atoms with Gasteiger partial charge < -0.3 is 21.3 Å². The highest BCUT2D eigenvalue weighted by Gasteiger charge is 2.10. The molecule has 4 aromatic rings. The first-order valence-corrected chi connectivity index (χ1v) is 16.7. The van der Waals surface area contributed by atoms with Crippen LogP contribution in [0.5, 0.6) is 0 Å². The van der Waals surface area contributed by atoms with E-state index in [1.807, 2.05) is 0 Å². The largest absolute Gasteiger partial charge is 0.356 e. The molecule has 0 aliphatic carbocycles. The number of aromatic nitrogens is 4. The van der Waals surface area contributed by atoms with Crippen molar-refractivity contribution in [2.45, 2.75) is 52.6 Å². The monoisotopic (exact) mass is 719 g/mol. The summed E-state index contributed by atoms with van der Waals surface area (Å²) in [6, 6.07) is 10.4. The minimum absolute atomic E-state index is 0.00678. The van der Waals surface area contributed by atoms with Gasteiger partial charge in [0.05, 0.1) is 10.7 Å². The summed E-state index contributed by atoms with van der Waals surface area (Å²) in [7, 11) is 0. The molecule has 0 spiro atoms. The van der Waals surface area contributed by atoms with Crippen LogP contribution >= 0.6 is 11.3 Å². The van der Waals surface area contributed by atoms with Crippen LogP contribution in [0.4, 0.5) is 16.4 Å². The molecule has 0 fully saturated rings. The standard InChI is InChI=1S/C33H37N9O8S/c1-20-18-41(32(49)39-30(20)47)15-11-25(43)34-13-9-27(45)37-23-5-3-22(4-6-23)36-17-24-7-8-29(51-24)38-28(46)10-14-35-26(44)12-16-42-19-21(2)31(48)40-33(42)50/h3-8,17-19H,9-16H2,1-2H3,(H,34,43)(H,35,44)(H,37,45)(H,38,46)(H,39,47,49)(H,40,48,50)/b36-17+. The third-order valence-corrected chi connectivity index (χ3v) is 8.20. The van der Waals surface area contributed by atoms with E-state index >= 15 is 0 Å². The maximum Gasteiger partial charge on any atom is 0.328 e. The van der Waals surface area contributed by atoms with E-state index in [4.69, 9.17) is 0 Å². The maximum atomic E-state index is 12.3. The molecule has 1 aromatic carbocycles. The van der Waals surface area contributed by atoms with Gasteiger partial charge in [-0.05, 0) is 50.2 Å². The van der Waals surface area contributed by atoms with E-state index in [-0.39, 0.29) is 75.5 Å². The number of thiophene rings is 1. The first kappa shape index (κ1) is 37.6. The lowest BCUT2D eigenvalue weighted by Gasteiger charge is -2.08. The van der Waals surface area contributed by atoms with Gasteiger partial charge in [-0.3, -0.25) is 52.9 Å². The number of aromatic amines is 2. The predicted molar refractivity (Wildman–Crippen MR) is 192 cm³/mol. The molecule has 0 saturated carbocycles. The first-order chi connectivity index (χ1) is 24.4. The molecular weight excluding hydrogens is 682 g/mol. The number of anilines is 2. The second-order valence-electron chi connectivity index (χ2n) is 11.3. The van der Waals surface area contributed by atoms with E-state index < -0.39 is 22.5 Å². The number of aryl methyl sites for hydroxylation is 4. The van der Waals surface area contributed by atoms with Crippen LogP contribution in [0, 0.1) is 13.8 Å². The van der Waals surface area contributed by atoms with Crippen LogP contribution in [0.15, 0.2) is 73.0 Å². The Morgan fingerprint density at radius 1 is 0.686 bits per heavy atom. The fraction of sp³-hybridized carbons (Fsp3) is 0.303. The molecule has 4 amide bonds.